The van der Waals surface area contributed by atoms with Gasteiger partial charge in [-0.3, -0.25) is 19.3 Å². The predicted molar refractivity (Wildman–Crippen MR) is 100 cm³/mol. The molecule has 8 nitrogen and oxygen atoms in total. The second kappa shape index (κ2) is 8.75. The van der Waals surface area contributed by atoms with Crippen LogP contribution in [0.1, 0.15) is 31.2 Å². The smallest absolute Gasteiger partial charge is 0.342 e. The van der Waals surface area contributed by atoms with Crippen LogP contribution >= 0.6 is 11.3 Å². The van der Waals surface area contributed by atoms with Crippen molar-refractivity contribution in [1.82, 2.24) is 4.90 Å². The zero-order valence-electron chi connectivity index (χ0n) is 14.9. The van der Waals surface area contributed by atoms with E-state index in [0.717, 1.165) is 12.0 Å². The summed E-state index contributed by atoms with van der Waals surface area (Å²) in [6.45, 7) is 0.362. The number of nitrogens with zero attached hydrogens (tertiary/aromatic N) is 1. The van der Waals surface area contributed by atoms with Gasteiger partial charge in [-0.2, -0.15) is 0 Å². The monoisotopic (exact) mass is 402 g/mol. The Kier molecular flexibility index (Phi) is 6.15. The van der Waals surface area contributed by atoms with Crippen LogP contribution in [0.4, 0.5) is 5.00 Å². The maximum Gasteiger partial charge on any atom is 0.342 e. The maximum absolute atomic E-state index is 12.0. The minimum Gasteiger partial charge on any atom is -0.386 e. The molecule has 3 heterocycles. The first-order chi connectivity index (χ1) is 13.4. The fourth-order valence-electron chi connectivity index (χ4n) is 2.85. The van der Waals surface area contributed by atoms with Crippen molar-refractivity contribution < 1.29 is 28.7 Å². The number of cyclic esters (lactones) is 2. The van der Waals surface area contributed by atoms with Gasteiger partial charge in [-0.25, -0.2) is 9.59 Å². The van der Waals surface area contributed by atoms with E-state index in [2.05, 4.69) is 10.1 Å². The Hall–Kier alpha value is -3.07. The third kappa shape index (κ3) is 5.01. The number of hydrogen-bond acceptors (Lipinski definition) is 7. The highest BCUT2D eigenvalue weighted by Gasteiger charge is 2.24. The molecule has 2 aliphatic rings. The summed E-state index contributed by atoms with van der Waals surface area (Å²) in [6.07, 6.45) is 6.33. The molecular formula is C19H18N2O6S. The highest BCUT2D eigenvalue weighted by atomic mass is 32.1. The predicted octanol–water partition coefficient (Wildman–Crippen LogP) is 1.72. The van der Waals surface area contributed by atoms with Crippen LogP contribution in [0.2, 0.25) is 0 Å². The van der Waals surface area contributed by atoms with Crippen LogP contribution in [0.5, 0.6) is 0 Å². The summed E-state index contributed by atoms with van der Waals surface area (Å²) in [5, 5.41) is 5.28. The molecular weight excluding hydrogens is 384 g/mol. The van der Waals surface area contributed by atoms with Crippen LogP contribution in [0.25, 0.3) is 0 Å². The third-order valence-electron chi connectivity index (χ3n) is 4.24. The number of imide groups is 1. The maximum atomic E-state index is 12.0. The van der Waals surface area contributed by atoms with E-state index in [1.807, 2.05) is 5.38 Å². The molecule has 28 heavy (non-hydrogen) atoms. The van der Waals surface area contributed by atoms with Crippen molar-refractivity contribution in [2.75, 3.05) is 11.9 Å². The highest BCUT2D eigenvalue weighted by molar-refractivity contribution is 7.14. The Labute approximate surface area is 164 Å². The van der Waals surface area contributed by atoms with Gasteiger partial charge in [0.15, 0.2) is 0 Å². The molecule has 1 N–H and O–H groups in total. The van der Waals surface area contributed by atoms with Gasteiger partial charge in [0, 0.05) is 43.2 Å². The summed E-state index contributed by atoms with van der Waals surface area (Å²) in [4.78, 5) is 58.5. The Balaban J connectivity index is 1.35. The van der Waals surface area contributed by atoms with E-state index < -0.39 is 11.9 Å². The number of nitrogens with one attached hydrogen (secondary N) is 1. The molecule has 0 saturated carbocycles. The van der Waals surface area contributed by atoms with Crippen molar-refractivity contribution >= 4 is 46.0 Å². The first-order valence-electron chi connectivity index (χ1n) is 8.80. The van der Waals surface area contributed by atoms with Crippen LogP contribution in [-0.2, 0) is 35.1 Å². The van der Waals surface area contributed by atoms with Gasteiger partial charge in [-0.1, -0.05) is 6.42 Å². The molecule has 3 rings (SSSR count). The fraction of sp³-hybridized carbons (Fsp3) is 0.316. The van der Waals surface area contributed by atoms with E-state index >= 15 is 0 Å². The van der Waals surface area contributed by atoms with E-state index in [1.54, 1.807) is 6.07 Å². The van der Waals surface area contributed by atoms with Gasteiger partial charge in [0.25, 0.3) is 11.8 Å². The zero-order valence-corrected chi connectivity index (χ0v) is 15.8. The minimum atomic E-state index is -0.654. The molecule has 0 aromatic carbocycles. The van der Waals surface area contributed by atoms with Crippen LogP contribution in [-0.4, -0.2) is 41.1 Å². The van der Waals surface area contributed by atoms with Gasteiger partial charge in [0.05, 0.1) is 5.00 Å². The molecule has 0 saturated heterocycles. The molecule has 0 unspecified atom stereocenters. The van der Waals surface area contributed by atoms with Crippen LogP contribution in [0, 0.1) is 0 Å². The first kappa shape index (κ1) is 19.7. The Morgan fingerprint density at radius 3 is 2.50 bits per heavy atom. The summed E-state index contributed by atoms with van der Waals surface area (Å²) in [5.41, 5.74) is 1.11. The molecule has 2 aliphatic heterocycles. The number of hydrogen-bond donors (Lipinski definition) is 1. The molecule has 3 amide bonds. The number of rotatable bonds is 9. The number of amides is 3. The number of anilines is 1. The first-order valence-corrected chi connectivity index (χ1v) is 9.68. The quantitative estimate of drug-likeness (QED) is 0.292. The second-order valence-corrected chi connectivity index (χ2v) is 7.31. The largest absolute Gasteiger partial charge is 0.386 e. The Morgan fingerprint density at radius 1 is 1.07 bits per heavy atom. The standard InChI is InChI=1S/C19H18N2O6S/c22-14(4-2-1-3-7-21-16(23)5-6-17(21)24)20-15-9-12(11-28-15)8-13-10-18(25)27-19(13)26/h5-6,9-11H,1-4,7-8H2,(H,20,22). The van der Waals surface area contributed by atoms with E-state index in [4.69, 9.17) is 0 Å². The van der Waals surface area contributed by atoms with Crippen molar-refractivity contribution in [3.63, 3.8) is 0 Å². The average Bonchev–Trinajstić information content (AvgIpc) is 3.30. The van der Waals surface area contributed by atoms with Gasteiger partial charge >= 0.3 is 11.9 Å². The van der Waals surface area contributed by atoms with Gasteiger partial charge < -0.3 is 10.1 Å². The van der Waals surface area contributed by atoms with E-state index in [1.165, 1.54) is 34.5 Å². The third-order valence-corrected chi connectivity index (χ3v) is 5.14. The lowest BCUT2D eigenvalue weighted by Gasteiger charge is -2.12. The van der Waals surface area contributed by atoms with Crippen molar-refractivity contribution in [2.45, 2.75) is 32.1 Å². The summed E-state index contributed by atoms with van der Waals surface area (Å²) >= 11 is 1.34. The van der Waals surface area contributed by atoms with Crippen LogP contribution in [0.15, 0.2) is 35.2 Å². The molecule has 146 valence electrons. The fourth-order valence-corrected chi connectivity index (χ4v) is 3.67. The number of thiophene rings is 1. The van der Waals surface area contributed by atoms with Crippen molar-refractivity contribution in [3.05, 3.63) is 40.8 Å². The normalized spacial score (nSPS) is 16.0. The number of carbonyl (C=O) groups is 5. The average molecular weight is 402 g/mol. The molecule has 0 spiro atoms. The second-order valence-electron chi connectivity index (χ2n) is 6.39. The van der Waals surface area contributed by atoms with Crippen molar-refractivity contribution in [2.24, 2.45) is 0 Å². The van der Waals surface area contributed by atoms with Crippen LogP contribution < -0.4 is 5.32 Å². The summed E-state index contributed by atoms with van der Waals surface area (Å²) in [7, 11) is 0. The van der Waals surface area contributed by atoms with E-state index in [0.29, 0.717) is 36.4 Å². The van der Waals surface area contributed by atoms with Crippen LogP contribution in [0.3, 0.4) is 0 Å². The number of unbranched alkanes of at least 4 members (excludes halogenated alkanes) is 2. The summed E-state index contributed by atoms with van der Waals surface area (Å²) in [6, 6.07) is 1.76. The number of carbonyl (C=O) groups excluding carboxylic acids is 5. The van der Waals surface area contributed by atoms with Crippen molar-refractivity contribution in [1.29, 1.82) is 0 Å². The van der Waals surface area contributed by atoms with Gasteiger partial charge in [0.2, 0.25) is 5.91 Å². The lowest BCUT2D eigenvalue weighted by atomic mass is 10.1. The topological polar surface area (TPSA) is 110 Å². The molecule has 0 fully saturated rings. The summed E-state index contributed by atoms with van der Waals surface area (Å²) < 4.78 is 4.45. The van der Waals surface area contributed by atoms with Gasteiger partial charge in [-0.15, -0.1) is 11.3 Å². The Morgan fingerprint density at radius 2 is 1.82 bits per heavy atom. The van der Waals surface area contributed by atoms with E-state index in [-0.39, 0.29) is 24.1 Å². The highest BCUT2D eigenvalue weighted by Crippen LogP contribution is 2.24. The summed E-state index contributed by atoms with van der Waals surface area (Å²) in [5.74, 6) is -1.99. The lowest BCUT2D eigenvalue weighted by molar-refractivity contribution is -0.150. The van der Waals surface area contributed by atoms with Crippen molar-refractivity contribution in [3.8, 4) is 0 Å². The van der Waals surface area contributed by atoms with Gasteiger partial charge in [-0.05, 0) is 29.9 Å². The SMILES string of the molecule is O=C(CCCCCN1C(=O)C=CC1=O)Nc1cc(CC2=CC(=O)OC2=O)cs1. The number of esters is 2. The molecule has 0 atom stereocenters. The minimum absolute atomic E-state index is 0.127. The van der Waals surface area contributed by atoms with E-state index in [9.17, 15) is 24.0 Å². The lowest BCUT2D eigenvalue weighted by Crippen LogP contribution is -2.30. The Bertz CT molecular complexity index is 880. The molecule has 0 aliphatic carbocycles. The molecule has 1 aromatic rings. The molecule has 0 radical (unpaired) electrons. The molecule has 9 heteroatoms. The molecule has 1 aromatic heterocycles. The zero-order chi connectivity index (χ0) is 20.1. The molecule has 0 bridgehead atoms. The number of ether oxygens (including phenoxy) is 1. The van der Waals surface area contributed by atoms with Gasteiger partial charge in [0.1, 0.15) is 0 Å².